The summed E-state index contributed by atoms with van der Waals surface area (Å²) in [5.41, 5.74) is 0.537. The van der Waals surface area contributed by atoms with Crippen molar-refractivity contribution < 1.29 is 9.18 Å². The van der Waals surface area contributed by atoms with E-state index in [9.17, 15) is 9.18 Å². The second kappa shape index (κ2) is 5.83. The van der Waals surface area contributed by atoms with Crippen LogP contribution in [0, 0.1) is 17.1 Å². The summed E-state index contributed by atoms with van der Waals surface area (Å²) in [5.74, 6) is -0.930. The van der Waals surface area contributed by atoms with Crippen LogP contribution < -0.4 is 5.32 Å². The van der Waals surface area contributed by atoms with Crippen LogP contribution in [0.4, 0.5) is 9.39 Å². The van der Waals surface area contributed by atoms with Crippen LogP contribution >= 0.6 is 22.9 Å². The average molecular weight is 295 g/mol. The highest BCUT2D eigenvalue weighted by atomic mass is 35.5. The molecule has 2 aromatic rings. The van der Waals surface area contributed by atoms with Gasteiger partial charge in [0.1, 0.15) is 16.9 Å². The summed E-state index contributed by atoms with van der Waals surface area (Å²) in [4.78, 5) is 11.8. The summed E-state index contributed by atoms with van der Waals surface area (Å²) < 4.78 is 13.5. The number of benzene rings is 1. The van der Waals surface area contributed by atoms with E-state index in [1.54, 1.807) is 11.4 Å². The van der Waals surface area contributed by atoms with E-state index in [1.165, 1.54) is 29.5 Å². The summed E-state index contributed by atoms with van der Waals surface area (Å²) >= 11 is 7.08. The Morgan fingerprint density at radius 2 is 2.26 bits per heavy atom. The summed E-state index contributed by atoms with van der Waals surface area (Å²) in [5, 5.41) is 13.8. The van der Waals surface area contributed by atoms with E-state index in [0.717, 1.165) is 0 Å². The van der Waals surface area contributed by atoms with Crippen LogP contribution in [0.3, 0.4) is 0 Å². The van der Waals surface area contributed by atoms with Gasteiger partial charge in [-0.2, -0.15) is 5.26 Å². The molecule has 0 atom stereocenters. The lowest BCUT2D eigenvalue weighted by atomic mass is 10.1. The van der Waals surface area contributed by atoms with Gasteiger partial charge in [0.05, 0.1) is 12.0 Å². The minimum atomic E-state index is -0.519. The van der Waals surface area contributed by atoms with Crippen LogP contribution in [0.25, 0.3) is 0 Å². The highest BCUT2D eigenvalue weighted by Gasteiger charge is 2.13. The highest BCUT2D eigenvalue weighted by molar-refractivity contribution is 7.14. The van der Waals surface area contributed by atoms with Gasteiger partial charge in [0.25, 0.3) is 0 Å². The summed E-state index contributed by atoms with van der Waals surface area (Å²) in [6.07, 6.45) is -0.172. The zero-order chi connectivity index (χ0) is 13.8. The van der Waals surface area contributed by atoms with Gasteiger partial charge in [0, 0.05) is 10.6 Å². The zero-order valence-corrected chi connectivity index (χ0v) is 11.2. The molecule has 3 nitrogen and oxygen atoms in total. The number of hydrogen-bond acceptors (Lipinski definition) is 3. The molecule has 0 aliphatic heterocycles. The quantitative estimate of drug-likeness (QED) is 0.940. The van der Waals surface area contributed by atoms with E-state index in [-0.39, 0.29) is 17.0 Å². The van der Waals surface area contributed by atoms with Gasteiger partial charge in [-0.05, 0) is 23.6 Å². The van der Waals surface area contributed by atoms with Crippen LogP contribution in [0.5, 0.6) is 0 Å². The van der Waals surface area contributed by atoms with Gasteiger partial charge in [-0.25, -0.2) is 4.39 Å². The van der Waals surface area contributed by atoms with Gasteiger partial charge in [0.2, 0.25) is 5.91 Å². The van der Waals surface area contributed by atoms with E-state index in [1.807, 2.05) is 6.07 Å². The van der Waals surface area contributed by atoms with E-state index >= 15 is 0 Å². The van der Waals surface area contributed by atoms with Crippen molar-refractivity contribution in [2.75, 3.05) is 5.32 Å². The lowest BCUT2D eigenvalue weighted by Gasteiger charge is -2.06. The summed E-state index contributed by atoms with van der Waals surface area (Å²) in [7, 11) is 0. The van der Waals surface area contributed by atoms with Gasteiger partial charge < -0.3 is 5.32 Å². The second-order valence-electron chi connectivity index (χ2n) is 3.70. The topological polar surface area (TPSA) is 52.9 Å². The molecule has 1 aromatic heterocycles. The van der Waals surface area contributed by atoms with Gasteiger partial charge in [-0.3, -0.25) is 4.79 Å². The van der Waals surface area contributed by atoms with Gasteiger partial charge in [-0.15, -0.1) is 11.3 Å². The Morgan fingerprint density at radius 1 is 1.47 bits per heavy atom. The van der Waals surface area contributed by atoms with Crippen LogP contribution in [0.2, 0.25) is 5.02 Å². The SMILES string of the molecule is N#Cc1ccsc1NC(=O)Cc1c(F)cccc1Cl. The average Bonchev–Trinajstić information content (AvgIpc) is 2.81. The molecule has 0 bridgehead atoms. The van der Waals surface area contributed by atoms with Crippen LogP contribution in [-0.4, -0.2) is 5.91 Å². The molecule has 0 unspecified atom stereocenters. The van der Waals surface area contributed by atoms with Crippen molar-refractivity contribution in [2.45, 2.75) is 6.42 Å². The predicted molar refractivity (Wildman–Crippen MR) is 72.8 cm³/mol. The highest BCUT2D eigenvalue weighted by Crippen LogP contribution is 2.24. The molecule has 0 aliphatic carbocycles. The maximum atomic E-state index is 13.5. The Morgan fingerprint density at radius 3 is 2.95 bits per heavy atom. The molecule has 0 saturated carbocycles. The number of rotatable bonds is 3. The molecule has 0 radical (unpaired) electrons. The zero-order valence-electron chi connectivity index (χ0n) is 9.61. The molecule has 0 saturated heterocycles. The first-order valence-corrected chi connectivity index (χ1v) is 6.58. The number of amides is 1. The fourth-order valence-corrected chi connectivity index (χ4v) is 2.51. The molecule has 1 heterocycles. The fraction of sp³-hybridized carbons (Fsp3) is 0.0769. The monoisotopic (exact) mass is 294 g/mol. The van der Waals surface area contributed by atoms with Crippen molar-refractivity contribution in [3.05, 3.63) is 51.6 Å². The largest absolute Gasteiger partial charge is 0.316 e. The second-order valence-corrected chi connectivity index (χ2v) is 5.02. The number of nitriles is 1. The van der Waals surface area contributed by atoms with Crippen molar-refractivity contribution >= 4 is 33.8 Å². The van der Waals surface area contributed by atoms with E-state index < -0.39 is 11.7 Å². The molecular weight excluding hydrogens is 287 g/mol. The smallest absolute Gasteiger partial charge is 0.229 e. The third-order valence-electron chi connectivity index (χ3n) is 2.44. The van der Waals surface area contributed by atoms with Crippen LogP contribution in [-0.2, 0) is 11.2 Å². The molecule has 1 N–H and O–H groups in total. The number of carbonyl (C=O) groups is 1. The number of anilines is 1. The molecule has 0 fully saturated rings. The van der Waals surface area contributed by atoms with E-state index in [0.29, 0.717) is 10.6 Å². The Bertz CT molecular complexity index is 643. The number of thiophene rings is 1. The first-order valence-electron chi connectivity index (χ1n) is 5.32. The Balaban J connectivity index is 2.13. The van der Waals surface area contributed by atoms with Crippen LogP contribution in [0.15, 0.2) is 29.6 Å². The summed E-state index contributed by atoms with van der Waals surface area (Å²) in [6, 6.07) is 7.83. The Kier molecular flexibility index (Phi) is 4.15. The first kappa shape index (κ1) is 13.5. The van der Waals surface area contributed by atoms with Crippen LogP contribution in [0.1, 0.15) is 11.1 Å². The molecule has 19 heavy (non-hydrogen) atoms. The fourth-order valence-electron chi connectivity index (χ4n) is 1.53. The maximum Gasteiger partial charge on any atom is 0.229 e. The standard InChI is InChI=1S/C13H8ClFN2OS/c14-10-2-1-3-11(15)9(10)6-12(18)17-13-8(7-16)4-5-19-13/h1-5H,6H2,(H,17,18). The molecule has 1 aromatic carbocycles. The lowest BCUT2D eigenvalue weighted by Crippen LogP contribution is -2.15. The molecular formula is C13H8ClFN2OS. The van der Waals surface area contributed by atoms with Gasteiger partial charge >= 0.3 is 0 Å². The Hall–Kier alpha value is -1.90. The number of halogens is 2. The Labute approximate surface area is 118 Å². The van der Waals surface area contributed by atoms with Crippen molar-refractivity contribution in [1.82, 2.24) is 0 Å². The molecule has 1 amide bonds. The minimum absolute atomic E-state index is 0.150. The maximum absolute atomic E-state index is 13.5. The molecule has 2 rings (SSSR count). The van der Waals surface area contributed by atoms with E-state index in [4.69, 9.17) is 16.9 Å². The minimum Gasteiger partial charge on any atom is -0.316 e. The number of carbonyl (C=O) groups excluding carboxylic acids is 1. The van der Waals surface area contributed by atoms with Gasteiger partial charge in [-0.1, -0.05) is 17.7 Å². The first-order chi connectivity index (χ1) is 9.11. The predicted octanol–water partition coefficient (Wildman–Crippen LogP) is 3.59. The van der Waals surface area contributed by atoms with Crippen molar-refractivity contribution in [2.24, 2.45) is 0 Å². The normalized spacial score (nSPS) is 9.95. The molecule has 96 valence electrons. The lowest BCUT2D eigenvalue weighted by molar-refractivity contribution is -0.115. The third kappa shape index (κ3) is 3.11. The number of nitrogens with one attached hydrogen (secondary N) is 1. The number of nitrogens with zero attached hydrogens (tertiary/aromatic N) is 1. The van der Waals surface area contributed by atoms with Crippen molar-refractivity contribution in [1.29, 1.82) is 5.26 Å². The van der Waals surface area contributed by atoms with Gasteiger partial charge in [0.15, 0.2) is 0 Å². The van der Waals surface area contributed by atoms with E-state index in [2.05, 4.69) is 5.32 Å². The van der Waals surface area contributed by atoms with Crippen molar-refractivity contribution in [3.63, 3.8) is 0 Å². The summed E-state index contributed by atoms with van der Waals surface area (Å²) in [6.45, 7) is 0. The third-order valence-corrected chi connectivity index (χ3v) is 3.62. The van der Waals surface area contributed by atoms with Crippen molar-refractivity contribution in [3.8, 4) is 6.07 Å². The molecule has 0 spiro atoms. The number of hydrogen-bond donors (Lipinski definition) is 1. The molecule has 6 heteroatoms. The molecule has 0 aliphatic rings.